The van der Waals surface area contributed by atoms with Crippen LogP contribution in [0.2, 0.25) is 0 Å². The zero-order chi connectivity index (χ0) is 29.6. The molecule has 0 atom stereocenters. The number of phenols is 1. The molecule has 0 saturated carbocycles. The summed E-state index contributed by atoms with van der Waals surface area (Å²) in [5.41, 5.74) is 9.96. The van der Waals surface area contributed by atoms with Gasteiger partial charge in [-0.3, -0.25) is 4.98 Å². The van der Waals surface area contributed by atoms with Crippen LogP contribution in [0.25, 0.3) is 56.1 Å². The molecule has 0 aliphatic heterocycles. The van der Waals surface area contributed by atoms with Gasteiger partial charge in [-0.25, -0.2) is 4.98 Å². The summed E-state index contributed by atoms with van der Waals surface area (Å²) in [5, 5.41) is 10.5. The van der Waals surface area contributed by atoms with Gasteiger partial charge in [-0.05, 0) is 51.8 Å². The van der Waals surface area contributed by atoms with Crippen LogP contribution in [0.15, 0.2) is 102 Å². The van der Waals surface area contributed by atoms with Crippen LogP contribution in [0, 0.1) is 6.07 Å². The Labute approximate surface area is 268 Å². The molecule has 0 fully saturated rings. The van der Waals surface area contributed by atoms with Gasteiger partial charge in [0.25, 0.3) is 0 Å². The average Bonchev–Trinajstić information content (AvgIpc) is 3.40. The second kappa shape index (κ2) is 11.6. The van der Waals surface area contributed by atoms with Gasteiger partial charge in [0.15, 0.2) is 0 Å². The van der Waals surface area contributed by atoms with Crippen molar-refractivity contribution in [2.75, 3.05) is 0 Å². The number of fused-ring (bicyclic) bond motifs is 1. The van der Waals surface area contributed by atoms with E-state index in [1.807, 2.05) is 30.5 Å². The third kappa shape index (κ3) is 6.21. The molecule has 0 aliphatic rings. The number of hydrogen-bond donors (Lipinski definition) is 1. The number of nitrogens with zero attached hydrogens (tertiary/aromatic N) is 2. The van der Waals surface area contributed by atoms with Crippen LogP contribution < -0.4 is 0 Å². The first-order valence-electron chi connectivity index (χ1n) is 14.3. The van der Waals surface area contributed by atoms with E-state index in [0.717, 1.165) is 44.6 Å². The van der Waals surface area contributed by atoms with Gasteiger partial charge in [-0.1, -0.05) is 107 Å². The second-order valence-electron chi connectivity index (χ2n) is 12.9. The van der Waals surface area contributed by atoms with Gasteiger partial charge in [0.05, 0.1) is 11.1 Å². The van der Waals surface area contributed by atoms with Crippen LogP contribution in [0.1, 0.15) is 52.7 Å². The molecule has 0 bridgehead atoms. The van der Waals surface area contributed by atoms with Crippen LogP contribution in [0.4, 0.5) is 0 Å². The number of para-hydroxylation sites is 1. The Balaban J connectivity index is 0.00000368. The van der Waals surface area contributed by atoms with E-state index in [9.17, 15) is 5.11 Å². The smallest absolute Gasteiger partial charge is 0.230 e. The number of hydrogen-bond acceptors (Lipinski definition) is 4. The predicted octanol–water partition coefficient (Wildman–Crippen LogP) is 9.99. The van der Waals surface area contributed by atoms with Crippen molar-refractivity contribution in [2.24, 2.45) is 0 Å². The molecule has 2 aromatic heterocycles. The largest absolute Gasteiger partial charge is 0.507 e. The van der Waals surface area contributed by atoms with Gasteiger partial charge in [0.1, 0.15) is 11.3 Å². The summed E-state index contributed by atoms with van der Waals surface area (Å²) >= 11 is 0. The Morgan fingerprint density at radius 2 is 1.33 bits per heavy atom. The first-order chi connectivity index (χ1) is 20.0. The molecule has 4 nitrogen and oxygen atoms in total. The zero-order valence-electron chi connectivity index (χ0n) is 25.3. The van der Waals surface area contributed by atoms with Gasteiger partial charge < -0.3 is 9.52 Å². The fourth-order valence-corrected chi connectivity index (χ4v) is 5.11. The summed E-state index contributed by atoms with van der Waals surface area (Å²) in [6.45, 7) is 13.2. The molecule has 6 aromatic rings. The standard InChI is InChI=1S/C38H35N2O2.Pt/c1-37(2,3)28-19-26(18-27(20-28)32-21-25(16-17-39-32)24-12-8-7-9-13-24)31-22-29(38(4,5)6)23-34-35(31)40-36(42-34)30-14-10-11-15-33(30)41;/h7-17,19-23,41H,1-6H3;/q-1;. The molecule has 0 amide bonds. The van der Waals surface area contributed by atoms with E-state index < -0.39 is 0 Å². The van der Waals surface area contributed by atoms with Gasteiger partial charge in [-0.15, -0.1) is 29.3 Å². The van der Waals surface area contributed by atoms with E-state index in [-0.39, 0.29) is 37.6 Å². The second-order valence-corrected chi connectivity index (χ2v) is 12.9. The number of benzene rings is 4. The molecular formula is C38H35N2O2Pt-. The summed E-state index contributed by atoms with van der Waals surface area (Å²) in [6.07, 6.45) is 1.86. The fourth-order valence-electron chi connectivity index (χ4n) is 5.11. The molecule has 43 heavy (non-hydrogen) atoms. The first kappa shape index (κ1) is 30.4. The minimum atomic E-state index is -0.124. The number of phenolic OH excluding ortho intramolecular Hbond substituents is 1. The molecule has 220 valence electrons. The average molecular weight is 747 g/mol. The summed E-state index contributed by atoms with van der Waals surface area (Å²) in [6, 6.07) is 34.0. The van der Waals surface area contributed by atoms with Gasteiger partial charge >= 0.3 is 0 Å². The van der Waals surface area contributed by atoms with E-state index in [1.165, 1.54) is 5.56 Å². The Hall–Kier alpha value is -4.01. The molecule has 0 spiro atoms. The quantitative estimate of drug-likeness (QED) is 0.183. The molecule has 6 rings (SSSR count). The van der Waals surface area contributed by atoms with Crippen molar-refractivity contribution in [2.45, 2.75) is 52.4 Å². The predicted molar refractivity (Wildman–Crippen MR) is 171 cm³/mol. The monoisotopic (exact) mass is 746 g/mol. The van der Waals surface area contributed by atoms with E-state index in [1.54, 1.807) is 12.1 Å². The van der Waals surface area contributed by atoms with Crippen LogP contribution in [-0.2, 0) is 31.9 Å². The van der Waals surface area contributed by atoms with Gasteiger partial charge in [0, 0.05) is 33.0 Å². The van der Waals surface area contributed by atoms with Crippen molar-refractivity contribution in [1.29, 1.82) is 0 Å². The van der Waals surface area contributed by atoms with Crippen molar-refractivity contribution in [3.8, 4) is 50.7 Å². The van der Waals surface area contributed by atoms with Crippen molar-refractivity contribution < 1.29 is 30.6 Å². The molecular weight excluding hydrogens is 712 g/mol. The Morgan fingerprint density at radius 3 is 2.02 bits per heavy atom. The van der Waals surface area contributed by atoms with Crippen molar-refractivity contribution in [3.63, 3.8) is 0 Å². The third-order valence-electron chi connectivity index (χ3n) is 7.66. The number of rotatable bonds is 4. The van der Waals surface area contributed by atoms with Crippen molar-refractivity contribution in [1.82, 2.24) is 9.97 Å². The van der Waals surface area contributed by atoms with Crippen LogP contribution in [-0.4, -0.2) is 15.1 Å². The number of oxazole rings is 1. The van der Waals surface area contributed by atoms with Crippen molar-refractivity contribution >= 4 is 11.1 Å². The maximum absolute atomic E-state index is 10.5. The topological polar surface area (TPSA) is 59.2 Å². The fraction of sp³-hybridized carbons (Fsp3) is 0.211. The number of aromatic nitrogens is 2. The van der Waals surface area contributed by atoms with E-state index in [2.05, 4.69) is 102 Å². The maximum atomic E-state index is 10.5. The van der Waals surface area contributed by atoms with Crippen molar-refractivity contribution in [3.05, 3.63) is 114 Å². The molecule has 0 aliphatic carbocycles. The third-order valence-corrected chi connectivity index (χ3v) is 7.66. The molecule has 4 aromatic carbocycles. The maximum Gasteiger partial charge on any atom is 0.230 e. The van der Waals surface area contributed by atoms with E-state index in [0.29, 0.717) is 17.0 Å². The molecule has 0 saturated heterocycles. The molecule has 5 heteroatoms. The minimum absolute atomic E-state index is 0. The summed E-state index contributed by atoms with van der Waals surface area (Å²) in [7, 11) is 0. The molecule has 0 unspecified atom stereocenters. The van der Waals surface area contributed by atoms with E-state index in [4.69, 9.17) is 14.4 Å². The Kier molecular flexibility index (Phi) is 8.20. The van der Waals surface area contributed by atoms with E-state index >= 15 is 0 Å². The number of aromatic hydroxyl groups is 1. The molecule has 0 radical (unpaired) electrons. The summed E-state index contributed by atoms with van der Waals surface area (Å²) in [5.74, 6) is 0.523. The minimum Gasteiger partial charge on any atom is -0.507 e. The van der Waals surface area contributed by atoms with Crippen LogP contribution in [0.3, 0.4) is 0 Å². The van der Waals surface area contributed by atoms with Crippen LogP contribution >= 0.6 is 0 Å². The van der Waals surface area contributed by atoms with Gasteiger partial charge in [-0.2, -0.15) is 0 Å². The summed E-state index contributed by atoms with van der Waals surface area (Å²) < 4.78 is 6.31. The summed E-state index contributed by atoms with van der Waals surface area (Å²) in [4.78, 5) is 9.70. The Bertz CT molecular complexity index is 1910. The molecule has 2 heterocycles. The van der Waals surface area contributed by atoms with Gasteiger partial charge in [0.2, 0.25) is 5.89 Å². The normalized spacial score (nSPS) is 11.9. The SMILES string of the molecule is CC(C)(C)c1cc(-c2cc(-c3ccccc3)ccn2)[c-]c(-c2cc(C(C)(C)C)cc3oc(-c4ccccc4O)nc23)c1.[Pt]. The Morgan fingerprint density at radius 1 is 0.674 bits per heavy atom. The molecule has 1 N–H and O–H groups in total. The first-order valence-corrected chi connectivity index (χ1v) is 14.3. The van der Waals surface area contributed by atoms with Crippen LogP contribution in [0.5, 0.6) is 5.75 Å². The number of pyridine rings is 1. The zero-order valence-corrected chi connectivity index (χ0v) is 27.6.